The number of nitrogens with zero attached hydrogens (tertiary/aromatic N) is 3. The Hall–Kier alpha value is -1.72. The first-order valence-corrected chi connectivity index (χ1v) is 6.60. The van der Waals surface area contributed by atoms with E-state index in [1.165, 1.54) is 0 Å². The maximum Gasteiger partial charge on any atom is 0.407 e. The van der Waals surface area contributed by atoms with Crippen LogP contribution in [0.3, 0.4) is 0 Å². The lowest BCUT2D eigenvalue weighted by molar-refractivity contribution is 0.0236. The molecule has 1 unspecified atom stereocenters. The molecule has 2 atom stereocenters. The van der Waals surface area contributed by atoms with E-state index in [2.05, 4.69) is 25.9 Å². The van der Waals surface area contributed by atoms with Gasteiger partial charge in [0.2, 0.25) is 0 Å². The summed E-state index contributed by atoms with van der Waals surface area (Å²) in [5.74, 6) is 0. The van der Waals surface area contributed by atoms with Gasteiger partial charge in [0.05, 0.1) is 24.0 Å². The van der Waals surface area contributed by atoms with Crippen molar-refractivity contribution in [1.29, 1.82) is 0 Å². The molecule has 1 fully saturated rings. The van der Waals surface area contributed by atoms with Crippen LogP contribution in [0.15, 0.2) is 12.4 Å². The summed E-state index contributed by atoms with van der Waals surface area (Å²) in [5.41, 5.74) is 6.18. The van der Waals surface area contributed by atoms with Crippen molar-refractivity contribution in [1.82, 2.24) is 14.7 Å². The van der Waals surface area contributed by atoms with Crippen LogP contribution in [0, 0.1) is 5.41 Å². The number of rotatable bonds is 1. The van der Waals surface area contributed by atoms with Crippen LogP contribution >= 0.6 is 0 Å². The zero-order chi connectivity index (χ0) is 14.2. The van der Waals surface area contributed by atoms with Gasteiger partial charge in [0.15, 0.2) is 0 Å². The Balaban J connectivity index is 2.37. The summed E-state index contributed by atoms with van der Waals surface area (Å²) < 4.78 is 1.82. The summed E-state index contributed by atoms with van der Waals surface area (Å²) in [4.78, 5) is 13.0. The number of amides is 1. The fourth-order valence-corrected chi connectivity index (χ4v) is 3.05. The van der Waals surface area contributed by atoms with E-state index in [1.807, 2.05) is 4.68 Å². The molecule has 6 nitrogen and oxygen atoms in total. The second-order valence-electron chi connectivity index (χ2n) is 6.25. The van der Waals surface area contributed by atoms with E-state index in [1.54, 1.807) is 17.3 Å². The maximum atomic E-state index is 11.5. The van der Waals surface area contributed by atoms with E-state index in [9.17, 15) is 9.90 Å². The molecule has 0 saturated carbocycles. The van der Waals surface area contributed by atoms with Gasteiger partial charge >= 0.3 is 6.09 Å². The largest absolute Gasteiger partial charge is 0.465 e. The number of carboxylic acid groups (broad SMARTS) is 1. The maximum absolute atomic E-state index is 11.5. The minimum Gasteiger partial charge on any atom is -0.465 e. The number of carbonyl (C=O) groups is 1. The number of aromatic nitrogens is 2. The fourth-order valence-electron chi connectivity index (χ4n) is 3.05. The zero-order valence-corrected chi connectivity index (χ0v) is 11.7. The number of anilines is 1. The molecule has 0 spiro atoms. The van der Waals surface area contributed by atoms with Gasteiger partial charge in [0.25, 0.3) is 0 Å². The predicted octanol–water partition coefficient (Wildman–Crippen LogP) is 2.19. The number of nitrogens with two attached hydrogens (primary N) is 1. The summed E-state index contributed by atoms with van der Waals surface area (Å²) in [5, 5.41) is 13.7. The molecule has 0 bridgehead atoms. The van der Waals surface area contributed by atoms with Crippen molar-refractivity contribution in [2.24, 2.45) is 5.41 Å². The van der Waals surface area contributed by atoms with Crippen molar-refractivity contribution in [3.8, 4) is 0 Å². The van der Waals surface area contributed by atoms with E-state index in [0.29, 0.717) is 12.2 Å². The van der Waals surface area contributed by atoms with Crippen molar-refractivity contribution in [2.75, 3.05) is 12.3 Å². The van der Waals surface area contributed by atoms with Gasteiger partial charge < -0.3 is 15.7 Å². The minimum absolute atomic E-state index is 0.0437. The summed E-state index contributed by atoms with van der Waals surface area (Å²) in [6.45, 7) is 6.79. The van der Waals surface area contributed by atoms with Crippen LogP contribution in [0.5, 0.6) is 0 Å². The van der Waals surface area contributed by atoms with Crippen molar-refractivity contribution >= 4 is 11.8 Å². The van der Waals surface area contributed by atoms with Crippen molar-refractivity contribution in [2.45, 2.75) is 45.7 Å². The van der Waals surface area contributed by atoms with Crippen LogP contribution in [-0.2, 0) is 0 Å². The third-order valence-corrected chi connectivity index (χ3v) is 3.69. The molecule has 19 heavy (non-hydrogen) atoms. The van der Waals surface area contributed by atoms with Gasteiger partial charge in [-0.25, -0.2) is 4.79 Å². The van der Waals surface area contributed by atoms with Crippen LogP contribution in [0.4, 0.5) is 10.5 Å². The van der Waals surface area contributed by atoms with E-state index in [-0.39, 0.29) is 17.5 Å². The van der Waals surface area contributed by atoms with Crippen LogP contribution in [0.2, 0.25) is 0 Å². The number of hydrogen-bond donors (Lipinski definition) is 2. The highest BCUT2D eigenvalue weighted by Gasteiger charge is 2.42. The summed E-state index contributed by atoms with van der Waals surface area (Å²) in [7, 11) is 0. The highest BCUT2D eigenvalue weighted by molar-refractivity contribution is 5.65. The summed E-state index contributed by atoms with van der Waals surface area (Å²) in [6, 6.07) is -0.0554. The first-order chi connectivity index (χ1) is 8.80. The van der Waals surface area contributed by atoms with Crippen molar-refractivity contribution in [3.05, 3.63) is 12.4 Å². The van der Waals surface area contributed by atoms with Gasteiger partial charge in [-0.2, -0.15) is 5.10 Å². The van der Waals surface area contributed by atoms with Crippen LogP contribution < -0.4 is 5.73 Å². The average Bonchev–Trinajstić information content (AvgIpc) is 2.73. The molecular formula is C13H22N4O2. The lowest BCUT2D eigenvalue weighted by Crippen LogP contribution is -2.54. The molecule has 0 radical (unpaired) electrons. The Bertz CT molecular complexity index is 463. The molecule has 1 amide bonds. The number of piperidine rings is 1. The molecule has 1 aromatic rings. The number of nitrogen functional groups attached to an aromatic ring is 1. The highest BCUT2D eigenvalue weighted by Crippen LogP contribution is 2.38. The molecule has 1 saturated heterocycles. The standard InChI is InChI=1S/C13H22N4O2/c1-13(2,3)11-10(17-8-9(14)7-15-17)5-4-6-16(11)12(18)19/h7-8,10-11H,4-6,14H2,1-3H3,(H,18,19)/t10?,11-/m0/s1. The molecule has 1 aromatic heterocycles. The summed E-state index contributed by atoms with van der Waals surface area (Å²) >= 11 is 0. The molecule has 1 aliphatic rings. The van der Waals surface area contributed by atoms with E-state index in [4.69, 9.17) is 5.73 Å². The molecule has 2 heterocycles. The first kappa shape index (κ1) is 13.7. The van der Waals surface area contributed by atoms with Gasteiger partial charge in [-0.15, -0.1) is 0 Å². The Labute approximate surface area is 113 Å². The third-order valence-electron chi connectivity index (χ3n) is 3.69. The monoisotopic (exact) mass is 266 g/mol. The van der Waals surface area contributed by atoms with Gasteiger partial charge in [0, 0.05) is 12.7 Å². The van der Waals surface area contributed by atoms with E-state index < -0.39 is 6.09 Å². The van der Waals surface area contributed by atoms with E-state index >= 15 is 0 Å². The Morgan fingerprint density at radius 3 is 2.68 bits per heavy atom. The molecular weight excluding hydrogens is 244 g/mol. The van der Waals surface area contributed by atoms with Crippen molar-refractivity contribution < 1.29 is 9.90 Å². The average molecular weight is 266 g/mol. The Morgan fingerprint density at radius 2 is 2.21 bits per heavy atom. The molecule has 2 rings (SSSR count). The van der Waals surface area contributed by atoms with Gasteiger partial charge in [0.1, 0.15) is 0 Å². The van der Waals surface area contributed by atoms with Gasteiger partial charge in [-0.1, -0.05) is 20.8 Å². The lowest BCUT2D eigenvalue weighted by Gasteiger charge is -2.46. The smallest absolute Gasteiger partial charge is 0.407 e. The molecule has 3 N–H and O–H groups in total. The number of likely N-dealkylation sites (tertiary alicyclic amines) is 1. The normalized spacial score (nSPS) is 24.5. The number of hydrogen-bond acceptors (Lipinski definition) is 3. The van der Waals surface area contributed by atoms with E-state index in [0.717, 1.165) is 12.8 Å². The SMILES string of the molecule is CC(C)(C)[C@@H]1C(n2cc(N)cn2)CCCN1C(=O)O. The summed E-state index contributed by atoms with van der Waals surface area (Å²) in [6.07, 6.45) is 4.31. The predicted molar refractivity (Wildman–Crippen MR) is 72.9 cm³/mol. The van der Waals surface area contributed by atoms with Crippen LogP contribution in [-0.4, -0.2) is 38.5 Å². The molecule has 106 valence electrons. The van der Waals surface area contributed by atoms with Gasteiger partial charge in [-0.05, 0) is 18.3 Å². The zero-order valence-electron chi connectivity index (χ0n) is 11.7. The third kappa shape index (κ3) is 2.67. The quantitative estimate of drug-likeness (QED) is 0.816. The fraction of sp³-hybridized carbons (Fsp3) is 0.692. The molecule has 1 aliphatic heterocycles. The van der Waals surface area contributed by atoms with Crippen LogP contribution in [0.25, 0.3) is 0 Å². The Kier molecular flexibility index (Phi) is 3.43. The minimum atomic E-state index is -0.857. The van der Waals surface area contributed by atoms with Gasteiger partial charge in [-0.3, -0.25) is 4.68 Å². The molecule has 0 aliphatic carbocycles. The Morgan fingerprint density at radius 1 is 1.53 bits per heavy atom. The second-order valence-corrected chi connectivity index (χ2v) is 6.25. The topological polar surface area (TPSA) is 84.4 Å². The first-order valence-electron chi connectivity index (χ1n) is 6.60. The highest BCUT2D eigenvalue weighted by atomic mass is 16.4. The molecule has 6 heteroatoms. The second kappa shape index (κ2) is 4.75. The molecule has 0 aromatic carbocycles. The van der Waals surface area contributed by atoms with Crippen molar-refractivity contribution in [3.63, 3.8) is 0 Å². The lowest BCUT2D eigenvalue weighted by atomic mass is 9.78. The van der Waals surface area contributed by atoms with Crippen LogP contribution in [0.1, 0.15) is 39.7 Å².